The highest BCUT2D eigenvalue weighted by atomic mass is 127. The van der Waals surface area contributed by atoms with E-state index in [0.29, 0.717) is 12.0 Å². The Morgan fingerprint density at radius 3 is 2.81 bits per heavy atom. The molecule has 0 spiro atoms. The number of hydrogen-bond donors (Lipinski definition) is 3. The Labute approximate surface area is 175 Å². The van der Waals surface area contributed by atoms with E-state index in [1.165, 1.54) is 11.6 Å². The summed E-state index contributed by atoms with van der Waals surface area (Å²) in [5.74, 6) is 1.18. The van der Waals surface area contributed by atoms with Gasteiger partial charge in [0.2, 0.25) is 0 Å². The SMILES string of the molecule is CN=C(NCCc1c[nH]c2ccc(F)cc12)NC1CC1c1ccccc1.I. The number of aromatic amines is 1. The number of rotatable bonds is 5. The van der Waals surface area contributed by atoms with Crippen LogP contribution in [-0.4, -0.2) is 30.6 Å². The highest BCUT2D eigenvalue weighted by molar-refractivity contribution is 14.0. The number of benzene rings is 2. The Kier molecular flexibility index (Phi) is 6.36. The fraction of sp³-hybridized carbons (Fsp3) is 0.286. The minimum absolute atomic E-state index is 0. The first-order valence-electron chi connectivity index (χ1n) is 9.02. The minimum atomic E-state index is -0.204. The fourth-order valence-corrected chi connectivity index (χ4v) is 3.47. The van der Waals surface area contributed by atoms with E-state index < -0.39 is 0 Å². The van der Waals surface area contributed by atoms with Gasteiger partial charge in [-0.1, -0.05) is 30.3 Å². The smallest absolute Gasteiger partial charge is 0.191 e. The number of nitrogens with zero attached hydrogens (tertiary/aromatic N) is 1. The topological polar surface area (TPSA) is 52.2 Å². The first kappa shape index (κ1) is 19.7. The highest BCUT2D eigenvalue weighted by Gasteiger charge is 2.38. The van der Waals surface area contributed by atoms with Gasteiger partial charge in [-0.2, -0.15) is 0 Å². The van der Waals surface area contributed by atoms with Crippen LogP contribution in [0, 0.1) is 5.82 Å². The van der Waals surface area contributed by atoms with Crippen molar-refractivity contribution in [3.63, 3.8) is 0 Å². The second-order valence-corrected chi connectivity index (χ2v) is 6.76. The van der Waals surface area contributed by atoms with Crippen LogP contribution in [0.1, 0.15) is 23.5 Å². The number of H-pyrrole nitrogens is 1. The minimum Gasteiger partial charge on any atom is -0.361 e. The van der Waals surface area contributed by atoms with Gasteiger partial charge >= 0.3 is 0 Å². The first-order valence-corrected chi connectivity index (χ1v) is 9.02. The molecule has 4 nitrogen and oxygen atoms in total. The quantitative estimate of drug-likeness (QED) is 0.293. The molecule has 142 valence electrons. The number of nitrogens with one attached hydrogen (secondary N) is 3. The molecule has 1 fully saturated rings. The summed E-state index contributed by atoms with van der Waals surface area (Å²) in [4.78, 5) is 7.51. The Morgan fingerprint density at radius 2 is 2.04 bits per heavy atom. The van der Waals surface area contributed by atoms with Crippen molar-refractivity contribution >= 4 is 40.8 Å². The van der Waals surface area contributed by atoms with Crippen molar-refractivity contribution in [3.8, 4) is 0 Å². The summed E-state index contributed by atoms with van der Waals surface area (Å²) in [6.45, 7) is 0.742. The van der Waals surface area contributed by atoms with E-state index in [9.17, 15) is 4.39 Å². The molecule has 2 unspecified atom stereocenters. The van der Waals surface area contributed by atoms with Crippen molar-refractivity contribution in [1.29, 1.82) is 0 Å². The molecule has 3 aromatic rings. The van der Waals surface area contributed by atoms with Gasteiger partial charge in [0.25, 0.3) is 0 Å². The zero-order valence-corrected chi connectivity index (χ0v) is 17.5. The standard InChI is InChI=1S/C21H23FN4.HI/c1-23-21(26-20-12-18(20)14-5-3-2-4-6-14)24-10-9-15-13-25-19-8-7-16(22)11-17(15)19;/h2-8,11,13,18,20,25H,9-10,12H2,1H3,(H2,23,24,26);1H. The van der Waals surface area contributed by atoms with Gasteiger partial charge in [0.15, 0.2) is 5.96 Å². The number of fused-ring (bicyclic) bond motifs is 1. The van der Waals surface area contributed by atoms with Gasteiger partial charge in [-0.15, -0.1) is 24.0 Å². The number of aromatic nitrogens is 1. The molecule has 0 bridgehead atoms. The van der Waals surface area contributed by atoms with Crippen LogP contribution in [0.25, 0.3) is 10.9 Å². The van der Waals surface area contributed by atoms with Crippen LogP contribution in [0.4, 0.5) is 4.39 Å². The van der Waals surface area contributed by atoms with Crippen LogP contribution < -0.4 is 10.6 Å². The lowest BCUT2D eigenvalue weighted by atomic mass is 10.1. The normalized spacial score (nSPS) is 18.8. The molecule has 4 rings (SSSR count). The van der Waals surface area contributed by atoms with Crippen molar-refractivity contribution < 1.29 is 4.39 Å². The van der Waals surface area contributed by atoms with E-state index >= 15 is 0 Å². The van der Waals surface area contributed by atoms with Crippen LogP contribution in [0.3, 0.4) is 0 Å². The summed E-state index contributed by atoms with van der Waals surface area (Å²) >= 11 is 0. The van der Waals surface area contributed by atoms with Gasteiger partial charge in [-0.25, -0.2) is 4.39 Å². The van der Waals surface area contributed by atoms with Crippen LogP contribution in [0.5, 0.6) is 0 Å². The van der Waals surface area contributed by atoms with Gasteiger partial charge in [-0.3, -0.25) is 4.99 Å². The molecule has 1 heterocycles. The predicted octanol–water partition coefficient (Wildman–Crippen LogP) is 4.19. The van der Waals surface area contributed by atoms with Gasteiger partial charge in [0.05, 0.1) is 0 Å². The maximum Gasteiger partial charge on any atom is 0.191 e. The van der Waals surface area contributed by atoms with Crippen LogP contribution in [-0.2, 0) is 6.42 Å². The van der Waals surface area contributed by atoms with Gasteiger partial charge in [0, 0.05) is 42.7 Å². The van der Waals surface area contributed by atoms with Crippen LogP contribution >= 0.6 is 24.0 Å². The molecule has 0 radical (unpaired) electrons. The lowest BCUT2D eigenvalue weighted by Crippen LogP contribution is -2.39. The van der Waals surface area contributed by atoms with Crippen LogP contribution in [0.15, 0.2) is 59.7 Å². The zero-order chi connectivity index (χ0) is 17.9. The molecule has 1 aromatic heterocycles. The average Bonchev–Trinajstić information content (AvgIpc) is 3.33. The molecule has 27 heavy (non-hydrogen) atoms. The van der Waals surface area contributed by atoms with Crippen molar-refractivity contribution in [2.45, 2.75) is 24.8 Å². The summed E-state index contributed by atoms with van der Waals surface area (Å²) in [5.41, 5.74) is 3.45. The number of hydrogen-bond acceptors (Lipinski definition) is 1. The van der Waals surface area contributed by atoms with E-state index in [1.807, 2.05) is 12.3 Å². The molecule has 0 amide bonds. The molecule has 1 aliphatic carbocycles. The Bertz CT molecular complexity index is 922. The third-order valence-corrected chi connectivity index (χ3v) is 4.98. The second-order valence-electron chi connectivity index (χ2n) is 6.76. The molecule has 2 atom stereocenters. The fourth-order valence-electron chi connectivity index (χ4n) is 3.47. The molecule has 0 saturated heterocycles. The first-order chi connectivity index (χ1) is 12.7. The molecular formula is C21H24FIN4. The van der Waals surface area contributed by atoms with Gasteiger partial charge < -0.3 is 15.6 Å². The summed E-state index contributed by atoms with van der Waals surface area (Å²) in [5, 5.41) is 7.79. The zero-order valence-electron chi connectivity index (χ0n) is 15.2. The molecule has 6 heteroatoms. The number of halogens is 2. The highest BCUT2D eigenvalue weighted by Crippen LogP contribution is 2.40. The van der Waals surface area contributed by atoms with E-state index in [2.05, 4.69) is 44.9 Å². The largest absolute Gasteiger partial charge is 0.361 e. The van der Waals surface area contributed by atoms with Crippen molar-refractivity contribution in [2.75, 3.05) is 13.6 Å². The molecular weight excluding hydrogens is 454 g/mol. The van der Waals surface area contributed by atoms with Gasteiger partial charge in [0.1, 0.15) is 5.82 Å². The Hall–Kier alpha value is -2.09. The third kappa shape index (κ3) is 4.61. The summed E-state index contributed by atoms with van der Waals surface area (Å²) in [6, 6.07) is 15.9. The molecule has 3 N–H and O–H groups in total. The molecule has 1 saturated carbocycles. The maximum absolute atomic E-state index is 13.5. The Morgan fingerprint density at radius 1 is 1.22 bits per heavy atom. The molecule has 2 aromatic carbocycles. The third-order valence-electron chi connectivity index (χ3n) is 4.98. The second kappa shape index (κ2) is 8.73. The predicted molar refractivity (Wildman–Crippen MR) is 119 cm³/mol. The monoisotopic (exact) mass is 478 g/mol. The summed E-state index contributed by atoms with van der Waals surface area (Å²) < 4.78 is 13.5. The van der Waals surface area contributed by atoms with E-state index in [0.717, 1.165) is 41.8 Å². The molecule has 0 aliphatic heterocycles. The summed E-state index contributed by atoms with van der Waals surface area (Å²) in [7, 11) is 1.79. The van der Waals surface area contributed by atoms with Crippen LogP contribution in [0.2, 0.25) is 0 Å². The van der Waals surface area contributed by atoms with Gasteiger partial charge in [-0.05, 0) is 42.2 Å². The molecule has 1 aliphatic rings. The maximum atomic E-state index is 13.5. The van der Waals surface area contributed by atoms with E-state index in [-0.39, 0.29) is 29.8 Å². The van der Waals surface area contributed by atoms with Crippen molar-refractivity contribution in [3.05, 3.63) is 71.7 Å². The number of guanidine groups is 1. The summed E-state index contributed by atoms with van der Waals surface area (Å²) in [6.07, 6.45) is 3.89. The Balaban J connectivity index is 0.00000210. The lowest BCUT2D eigenvalue weighted by Gasteiger charge is -2.11. The van der Waals surface area contributed by atoms with E-state index in [4.69, 9.17) is 0 Å². The average molecular weight is 478 g/mol. The van der Waals surface area contributed by atoms with Crippen molar-refractivity contribution in [2.24, 2.45) is 4.99 Å². The van der Waals surface area contributed by atoms with Crippen molar-refractivity contribution in [1.82, 2.24) is 15.6 Å². The van der Waals surface area contributed by atoms with E-state index in [1.54, 1.807) is 19.2 Å². The lowest BCUT2D eigenvalue weighted by molar-refractivity contribution is 0.629. The number of aliphatic imine (C=N–C) groups is 1.